The van der Waals surface area contributed by atoms with Crippen LogP contribution in [0.2, 0.25) is 0 Å². The molecule has 3 nitrogen and oxygen atoms in total. The summed E-state index contributed by atoms with van der Waals surface area (Å²) in [5.74, 6) is 0.876. The molecule has 14 heavy (non-hydrogen) atoms. The maximum Gasteiger partial charge on any atom is 0.169 e. The van der Waals surface area contributed by atoms with Gasteiger partial charge < -0.3 is 14.8 Å². The minimum absolute atomic E-state index is 0.251. The Kier molecular flexibility index (Phi) is 5.22. The summed E-state index contributed by atoms with van der Waals surface area (Å²) in [6, 6.07) is 3.77. The Hall–Kier alpha value is -0.320. The standard InChI is InChI=1S/C10H16BrNO2/c1-2-3-8(13)6-12-7-9-4-5-10(11)14-9/h4-5,8,12-13H,2-3,6-7H2,1H3. The molecule has 1 aromatic rings. The zero-order chi connectivity index (χ0) is 10.4. The molecule has 0 spiro atoms. The number of furan rings is 1. The van der Waals surface area contributed by atoms with Gasteiger partial charge in [0.25, 0.3) is 0 Å². The third kappa shape index (κ3) is 4.26. The molecule has 0 fully saturated rings. The summed E-state index contributed by atoms with van der Waals surface area (Å²) in [5.41, 5.74) is 0. The SMILES string of the molecule is CCCC(O)CNCc1ccc(Br)o1. The topological polar surface area (TPSA) is 45.4 Å². The van der Waals surface area contributed by atoms with Crippen molar-refractivity contribution in [3.63, 3.8) is 0 Å². The van der Waals surface area contributed by atoms with Gasteiger partial charge in [0.2, 0.25) is 0 Å². The highest BCUT2D eigenvalue weighted by Crippen LogP contribution is 2.13. The van der Waals surface area contributed by atoms with Gasteiger partial charge in [0.1, 0.15) is 5.76 Å². The molecule has 1 heterocycles. The summed E-state index contributed by atoms with van der Waals surface area (Å²) < 4.78 is 6.04. The number of aliphatic hydroxyl groups excluding tert-OH is 1. The van der Waals surface area contributed by atoms with Crippen LogP contribution in [0.3, 0.4) is 0 Å². The lowest BCUT2D eigenvalue weighted by molar-refractivity contribution is 0.159. The highest BCUT2D eigenvalue weighted by molar-refractivity contribution is 9.10. The van der Waals surface area contributed by atoms with E-state index in [0.717, 1.165) is 23.3 Å². The fourth-order valence-corrected chi connectivity index (χ4v) is 1.58. The summed E-state index contributed by atoms with van der Waals surface area (Å²) in [6.07, 6.45) is 1.60. The van der Waals surface area contributed by atoms with Crippen LogP contribution < -0.4 is 5.32 Å². The third-order valence-electron chi connectivity index (χ3n) is 1.93. The number of nitrogens with one attached hydrogen (secondary N) is 1. The lowest BCUT2D eigenvalue weighted by Gasteiger charge is -2.09. The molecule has 0 saturated carbocycles. The predicted molar refractivity (Wildman–Crippen MR) is 59.0 cm³/mol. The average molecular weight is 262 g/mol. The zero-order valence-electron chi connectivity index (χ0n) is 8.29. The first kappa shape index (κ1) is 11.8. The second kappa shape index (κ2) is 6.22. The van der Waals surface area contributed by atoms with Gasteiger partial charge in [0.15, 0.2) is 4.67 Å². The van der Waals surface area contributed by atoms with E-state index in [4.69, 9.17) is 4.42 Å². The molecule has 0 aliphatic rings. The highest BCUT2D eigenvalue weighted by atomic mass is 79.9. The zero-order valence-corrected chi connectivity index (χ0v) is 9.88. The monoisotopic (exact) mass is 261 g/mol. The van der Waals surface area contributed by atoms with E-state index in [2.05, 4.69) is 28.2 Å². The number of hydrogen-bond donors (Lipinski definition) is 2. The first-order valence-electron chi connectivity index (χ1n) is 4.85. The lowest BCUT2D eigenvalue weighted by atomic mass is 10.2. The molecule has 0 aliphatic heterocycles. The molecule has 2 N–H and O–H groups in total. The fraction of sp³-hybridized carbons (Fsp3) is 0.600. The van der Waals surface area contributed by atoms with Gasteiger partial charge in [0.05, 0.1) is 12.6 Å². The van der Waals surface area contributed by atoms with Crippen LogP contribution in [-0.4, -0.2) is 17.8 Å². The summed E-state index contributed by atoms with van der Waals surface area (Å²) in [4.78, 5) is 0. The summed E-state index contributed by atoms with van der Waals surface area (Å²) in [6.45, 7) is 3.34. The molecular weight excluding hydrogens is 246 g/mol. The van der Waals surface area contributed by atoms with Crippen molar-refractivity contribution in [3.8, 4) is 0 Å². The van der Waals surface area contributed by atoms with Crippen LogP contribution in [0.1, 0.15) is 25.5 Å². The fourth-order valence-electron chi connectivity index (χ4n) is 1.24. The average Bonchev–Trinajstić information content (AvgIpc) is 2.52. The van der Waals surface area contributed by atoms with Crippen molar-refractivity contribution < 1.29 is 9.52 Å². The molecule has 1 rings (SSSR count). The molecule has 1 aromatic heterocycles. The molecule has 1 unspecified atom stereocenters. The van der Waals surface area contributed by atoms with Crippen molar-refractivity contribution in [2.45, 2.75) is 32.4 Å². The van der Waals surface area contributed by atoms with E-state index < -0.39 is 0 Å². The molecule has 1 atom stereocenters. The molecular formula is C10H16BrNO2. The van der Waals surface area contributed by atoms with Crippen LogP contribution in [0.15, 0.2) is 21.2 Å². The molecule has 0 bridgehead atoms. The van der Waals surface area contributed by atoms with E-state index in [9.17, 15) is 5.11 Å². The minimum Gasteiger partial charge on any atom is -0.453 e. The first-order valence-corrected chi connectivity index (χ1v) is 5.64. The largest absolute Gasteiger partial charge is 0.453 e. The van der Waals surface area contributed by atoms with Crippen LogP contribution in [0, 0.1) is 0 Å². The minimum atomic E-state index is -0.251. The third-order valence-corrected chi connectivity index (χ3v) is 2.36. The van der Waals surface area contributed by atoms with E-state index in [0.29, 0.717) is 13.1 Å². The number of hydrogen-bond acceptors (Lipinski definition) is 3. The number of halogens is 1. The Morgan fingerprint density at radius 1 is 1.57 bits per heavy atom. The van der Waals surface area contributed by atoms with Gasteiger partial charge in [-0.25, -0.2) is 0 Å². The molecule has 0 amide bonds. The van der Waals surface area contributed by atoms with Crippen molar-refractivity contribution in [2.24, 2.45) is 0 Å². The van der Waals surface area contributed by atoms with Crippen molar-refractivity contribution in [3.05, 3.63) is 22.6 Å². The van der Waals surface area contributed by atoms with E-state index in [1.165, 1.54) is 0 Å². The van der Waals surface area contributed by atoms with Crippen molar-refractivity contribution in [1.82, 2.24) is 5.32 Å². The maximum absolute atomic E-state index is 9.43. The van der Waals surface area contributed by atoms with Crippen LogP contribution in [-0.2, 0) is 6.54 Å². The second-order valence-electron chi connectivity index (χ2n) is 3.28. The van der Waals surface area contributed by atoms with E-state index in [1.807, 2.05) is 12.1 Å². The normalized spacial score (nSPS) is 13.1. The van der Waals surface area contributed by atoms with Crippen molar-refractivity contribution >= 4 is 15.9 Å². The highest BCUT2D eigenvalue weighted by Gasteiger charge is 2.03. The maximum atomic E-state index is 9.43. The summed E-state index contributed by atoms with van der Waals surface area (Å²) in [5, 5.41) is 12.6. The van der Waals surface area contributed by atoms with Gasteiger partial charge in [-0.3, -0.25) is 0 Å². The van der Waals surface area contributed by atoms with E-state index in [1.54, 1.807) is 0 Å². The Bertz CT molecular complexity index is 262. The Labute approximate surface area is 92.6 Å². The Morgan fingerprint density at radius 3 is 2.93 bits per heavy atom. The van der Waals surface area contributed by atoms with E-state index in [-0.39, 0.29) is 6.10 Å². The van der Waals surface area contributed by atoms with Crippen LogP contribution in [0.5, 0.6) is 0 Å². The van der Waals surface area contributed by atoms with Gasteiger partial charge in [0, 0.05) is 6.54 Å². The lowest BCUT2D eigenvalue weighted by Crippen LogP contribution is -2.25. The molecule has 80 valence electrons. The Morgan fingerprint density at radius 2 is 2.36 bits per heavy atom. The molecule has 0 radical (unpaired) electrons. The second-order valence-corrected chi connectivity index (χ2v) is 4.06. The summed E-state index contributed by atoms with van der Waals surface area (Å²) >= 11 is 3.23. The quantitative estimate of drug-likeness (QED) is 0.826. The van der Waals surface area contributed by atoms with Crippen LogP contribution >= 0.6 is 15.9 Å². The van der Waals surface area contributed by atoms with Gasteiger partial charge in [-0.2, -0.15) is 0 Å². The van der Waals surface area contributed by atoms with Gasteiger partial charge in [-0.05, 0) is 34.5 Å². The summed E-state index contributed by atoms with van der Waals surface area (Å²) in [7, 11) is 0. The molecule has 0 aliphatic carbocycles. The van der Waals surface area contributed by atoms with Crippen LogP contribution in [0.25, 0.3) is 0 Å². The van der Waals surface area contributed by atoms with Crippen LogP contribution in [0.4, 0.5) is 0 Å². The smallest absolute Gasteiger partial charge is 0.169 e. The molecule has 0 saturated heterocycles. The van der Waals surface area contributed by atoms with Gasteiger partial charge in [-0.15, -0.1) is 0 Å². The first-order chi connectivity index (χ1) is 6.72. The molecule has 4 heteroatoms. The van der Waals surface area contributed by atoms with Gasteiger partial charge >= 0.3 is 0 Å². The van der Waals surface area contributed by atoms with Gasteiger partial charge in [-0.1, -0.05) is 13.3 Å². The van der Waals surface area contributed by atoms with Crippen molar-refractivity contribution in [2.75, 3.05) is 6.54 Å². The Balaban J connectivity index is 2.15. The molecule has 0 aromatic carbocycles. The van der Waals surface area contributed by atoms with E-state index >= 15 is 0 Å². The number of rotatable bonds is 6. The van der Waals surface area contributed by atoms with Crippen molar-refractivity contribution in [1.29, 1.82) is 0 Å². The predicted octanol–water partition coefficient (Wildman–Crippen LogP) is 2.29. The number of aliphatic hydroxyl groups is 1.